The topological polar surface area (TPSA) is 49.8 Å². The quantitative estimate of drug-likeness (QED) is 0.168. The summed E-state index contributed by atoms with van der Waals surface area (Å²) in [7, 11) is 0. The normalized spacial score (nSPS) is 13.4. The number of rotatable bonds is 18. The van der Waals surface area contributed by atoms with Gasteiger partial charge in [0.25, 0.3) is 0 Å². The third-order valence-corrected chi connectivity index (χ3v) is 8.43. The first-order valence-corrected chi connectivity index (χ1v) is 15.1. The van der Waals surface area contributed by atoms with Crippen LogP contribution >= 0.6 is 0 Å². The fraction of sp³-hybridized carbons (Fsp3) is 0.618. The average Bonchev–Trinajstić information content (AvgIpc) is 3.15. The number of hydrogen-bond acceptors (Lipinski definition) is 2. The van der Waals surface area contributed by atoms with Crippen molar-refractivity contribution in [1.29, 1.82) is 5.26 Å². The lowest BCUT2D eigenvalue weighted by molar-refractivity contribution is 0.397. The second-order valence-corrected chi connectivity index (χ2v) is 11.2. The predicted molar refractivity (Wildman–Crippen MR) is 156 cm³/mol. The van der Waals surface area contributed by atoms with E-state index in [0.29, 0.717) is 0 Å². The minimum atomic E-state index is -0.00265. The highest BCUT2D eigenvalue weighted by molar-refractivity contribution is 5.83. The molecule has 0 unspecified atom stereocenters. The standard InChI is InChI=1S/C34H50N2/c1-3-5-7-9-11-13-15-17-23-34(24-18-16-14-12-10-8-6-4-2)32-25-28(27-35)19-21-30(32)31-22-20-29(36)26-33(31)34/h19-22,25-26H,3-18,23-24,36H2,1-2H3. The van der Waals surface area contributed by atoms with Gasteiger partial charge in [-0.05, 0) is 59.4 Å². The van der Waals surface area contributed by atoms with E-state index in [-0.39, 0.29) is 5.41 Å². The van der Waals surface area contributed by atoms with Gasteiger partial charge in [-0.3, -0.25) is 0 Å². The summed E-state index contributed by atoms with van der Waals surface area (Å²) >= 11 is 0. The third-order valence-electron chi connectivity index (χ3n) is 8.43. The zero-order valence-corrected chi connectivity index (χ0v) is 23.2. The first kappa shape index (κ1) is 28.3. The van der Waals surface area contributed by atoms with Gasteiger partial charge in [0, 0.05) is 11.1 Å². The summed E-state index contributed by atoms with van der Waals surface area (Å²) in [5, 5.41) is 9.70. The lowest BCUT2D eigenvalue weighted by Gasteiger charge is -2.33. The van der Waals surface area contributed by atoms with Crippen molar-refractivity contribution in [3.05, 3.63) is 53.1 Å². The van der Waals surface area contributed by atoms with E-state index >= 15 is 0 Å². The minimum Gasteiger partial charge on any atom is -0.399 e. The van der Waals surface area contributed by atoms with Gasteiger partial charge in [-0.25, -0.2) is 0 Å². The van der Waals surface area contributed by atoms with E-state index in [0.717, 1.165) is 24.1 Å². The molecule has 0 spiro atoms. The molecule has 1 aliphatic rings. The number of hydrogen-bond donors (Lipinski definition) is 1. The summed E-state index contributed by atoms with van der Waals surface area (Å²) in [4.78, 5) is 0. The molecular weight excluding hydrogens is 436 g/mol. The van der Waals surface area contributed by atoms with Crippen molar-refractivity contribution in [2.24, 2.45) is 0 Å². The Morgan fingerprint density at radius 1 is 0.611 bits per heavy atom. The van der Waals surface area contributed by atoms with Gasteiger partial charge in [0.05, 0.1) is 11.6 Å². The van der Waals surface area contributed by atoms with Crippen molar-refractivity contribution in [3.8, 4) is 17.2 Å². The monoisotopic (exact) mass is 486 g/mol. The van der Waals surface area contributed by atoms with Gasteiger partial charge in [0.1, 0.15) is 0 Å². The van der Waals surface area contributed by atoms with Crippen LogP contribution in [0, 0.1) is 11.3 Å². The Hall–Kier alpha value is -2.27. The molecule has 0 aliphatic heterocycles. The third kappa shape index (κ3) is 7.38. The number of anilines is 1. The van der Waals surface area contributed by atoms with Crippen LogP contribution in [0.1, 0.15) is 146 Å². The van der Waals surface area contributed by atoms with Crippen molar-refractivity contribution in [3.63, 3.8) is 0 Å². The zero-order valence-electron chi connectivity index (χ0n) is 23.2. The van der Waals surface area contributed by atoms with Gasteiger partial charge >= 0.3 is 0 Å². The summed E-state index contributed by atoms with van der Waals surface area (Å²) in [6.07, 6.45) is 23.7. The second-order valence-electron chi connectivity index (χ2n) is 11.2. The Kier molecular flexibility index (Phi) is 11.9. The molecule has 0 bridgehead atoms. The van der Waals surface area contributed by atoms with Gasteiger partial charge in [0.15, 0.2) is 0 Å². The van der Waals surface area contributed by atoms with E-state index < -0.39 is 0 Å². The molecule has 0 fully saturated rings. The first-order chi connectivity index (χ1) is 17.7. The van der Waals surface area contributed by atoms with Crippen LogP contribution in [0.3, 0.4) is 0 Å². The maximum Gasteiger partial charge on any atom is 0.0991 e. The van der Waals surface area contributed by atoms with Gasteiger partial charge in [0.2, 0.25) is 0 Å². The molecule has 0 saturated heterocycles. The summed E-state index contributed by atoms with van der Waals surface area (Å²) in [5.74, 6) is 0. The molecule has 0 heterocycles. The number of nitriles is 1. The summed E-state index contributed by atoms with van der Waals surface area (Å²) in [5.41, 5.74) is 13.5. The number of nitrogens with two attached hydrogens (primary N) is 1. The van der Waals surface area contributed by atoms with Crippen LogP contribution in [-0.2, 0) is 5.41 Å². The fourth-order valence-electron chi connectivity index (χ4n) is 6.37. The lowest BCUT2D eigenvalue weighted by atomic mass is 9.70. The van der Waals surface area contributed by atoms with E-state index in [1.54, 1.807) is 0 Å². The van der Waals surface area contributed by atoms with Crippen LogP contribution in [-0.4, -0.2) is 0 Å². The van der Waals surface area contributed by atoms with E-state index in [1.165, 1.54) is 125 Å². The summed E-state index contributed by atoms with van der Waals surface area (Å²) < 4.78 is 0. The molecule has 0 aromatic heterocycles. The van der Waals surface area contributed by atoms with Crippen molar-refractivity contribution in [2.75, 3.05) is 5.73 Å². The molecular formula is C34H50N2. The van der Waals surface area contributed by atoms with Gasteiger partial charge in [-0.15, -0.1) is 0 Å². The molecule has 2 N–H and O–H groups in total. The van der Waals surface area contributed by atoms with Crippen LogP contribution in [0.2, 0.25) is 0 Å². The largest absolute Gasteiger partial charge is 0.399 e. The predicted octanol–water partition coefficient (Wildman–Crippen LogP) is 10.5. The van der Waals surface area contributed by atoms with Gasteiger partial charge in [-0.2, -0.15) is 5.26 Å². The Labute approximate surface area is 221 Å². The smallest absolute Gasteiger partial charge is 0.0991 e. The molecule has 0 atom stereocenters. The fourth-order valence-corrected chi connectivity index (χ4v) is 6.37. The molecule has 36 heavy (non-hydrogen) atoms. The SMILES string of the molecule is CCCCCCCCCCC1(CCCCCCCCCC)c2cc(N)ccc2-c2ccc(C#N)cc21. The molecule has 0 amide bonds. The van der Waals surface area contributed by atoms with Gasteiger partial charge in [-0.1, -0.05) is 129 Å². The molecule has 3 rings (SSSR count). The second kappa shape index (κ2) is 15.1. The van der Waals surface area contributed by atoms with Crippen molar-refractivity contribution >= 4 is 5.69 Å². The van der Waals surface area contributed by atoms with Crippen molar-refractivity contribution in [1.82, 2.24) is 0 Å². The number of benzene rings is 2. The zero-order chi connectivity index (χ0) is 25.6. The Balaban J connectivity index is 1.74. The summed E-state index contributed by atoms with van der Waals surface area (Å²) in [6.45, 7) is 4.57. The molecule has 1 aliphatic carbocycles. The summed E-state index contributed by atoms with van der Waals surface area (Å²) in [6, 6.07) is 15.3. The maximum absolute atomic E-state index is 9.70. The molecule has 196 valence electrons. The highest BCUT2D eigenvalue weighted by Gasteiger charge is 2.42. The highest BCUT2D eigenvalue weighted by atomic mass is 14.6. The van der Waals surface area contributed by atoms with E-state index in [1.807, 2.05) is 12.1 Å². The number of nitrogens with zero attached hydrogens (tertiary/aromatic N) is 1. The molecule has 0 radical (unpaired) electrons. The van der Waals surface area contributed by atoms with Gasteiger partial charge < -0.3 is 5.73 Å². The minimum absolute atomic E-state index is 0.00265. The Morgan fingerprint density at radius 2 is 1.06 bits per heavy atom. The molecule has 2 aromatic carbocycles. The van der Waals surface area contributed by atoms with Crippen molar-refractivity contribution in [2.45, 2.75) is 135 Å². The van der Waals surface area contributed by atoms with Crippen LogP contribution in [0.25, 0.3) is 11.1 Å². The van der Waals surface area contributed by atoms with Crippen LogP contribution in [0.5, 0.6) is 0 Å². The van der Waals surface area contributed by atoms with E-state index in [2.05, 4.69) is 44.2 Å². The molecule has 2 aromatic rings. The van der Waals surface area contributed by atoms with Crippen molar-refractivity contribution < 1.29 is 0 Å². The average molecular weight is 487 g/mol. The van der Waals surface area contributed by atoms with Crippen LogP contribution in [0.4, 0.5) is 5.69 Å². The maximum atomic E-state index is 9.70. The first-order valence-electron chi connectivity index (χ1n) is 15.1. The Bertz CT molecular complexity index is 948. The van der Waals surface area contributed by atoms with Crippen LogP contribution in [0.15, 0.2) is 36.4 Å². The van der Waals surface area contributed by atoms with Crippen LogP contribution < -0.4 is 5.73 Å². The number of nitrogen functional groups attached to an aromatic ring is 1. The molecule has 2 nitrogen and oxygen atoms in total. The lowest BCUT2D eigenvalue weighted by Crippen LogP contribution is -2.26. The van der Waals surface area contributed by atoms with E-state index in [4.69, 9.17) is 5.73 Å². The molecule has 2 heteroatoms. The number of unbranched alkanes of at least 4 members (excludes halogenated alkanes) is 14. The van der Waals surface area contributed by atoms with E-state index in [9.17, 15) is 5.26 Å². The molecule has 0 saturated carbocycles. The number of fused-ring (bicyclic) bond motifs is 3. The highest BCUT2D eigenvalue weighted by Crippen LogP contribution is 2.54. The Morgan fingerprint density at radius 3 is 1.56 bits per heavy atom.